The summed E-state index contributed by atoms with van der Waals surface area (Å²) in [6, 6.07) is 0. The minimum Gasteiger partial charge on any atom is -0.390 e. The van der Waals surface area contributed by atoms with Gasteiger partial charge in [-0.3, -0.25) is 0 Å². The van der Waals surface area contributed by atoms with Crippen LogP contribution in [-0.2, 0) is 0 Å². The van der Waals surface area contributed by atoms with Gasteiger partial charge in [-0.25, -0.2) is 0 Å². The molecule has 0 saturated heterocycles. The average molecular weight is 359 g/mol. The maximum absolute atomic E-state index is 9.99. The van der Waals surface area contributed by atoms with Crippen molar-refractivity contribution in [2.75, 3.05) is 0 Å². The standard InChI is InChI=1S/C10H18O3.C10H20O2/c1-8(2,11)10(13)6-4-9(3,12)5-7-10;1-9(2,11)8-4-6-10(3,12)7-5-8/h4,6,11-13H,5,7H2,1-3H3;8,11-12H,4-7H2,1-3H3. The highest BCUT2D eigenvalue weighted by Gasteiger charge is 2.43. The van der Waals surface area contributed by atoms with Gasteiger partial charge in [0.2, 0.25) is 0 Å². The molecule has 0 aliphatic heterocycles. The molecule has 148 valence electrons. The lowest BCUT2D eigenvalue weighted by Crippen LogP contribution is -2.51. The average Bonchev–Trinajstić information content (AvgIpc) is 2.40. The summed E-state index contributed by atoms with van der Waals surface area (Å²) in [6.45, 7) is 10.4. The van der Waals surface area contributed by atoms with Gasteiger partial charge in [0.25, 0.3) is 0 Å². The van der Waals surface area contributed by atoms with Crippen LogP contribution in [0.1, 0.15) is 80.1 Å². The Morgan fingerprint density at radius 3 is 1.60 bits per heavy atom. The van der Waals surface area contributed by atoms with Gasteiger partial charge in [-0.15, -0.1) is 0 Å². The second kappa shape index (κ2) is 7.28. The zero-order valence-electron chi connectivity index (χ0n) is 16.7. The van der Waals surface area contributed by atoms with Crippen molar-refractivity contribution < 1.29 is 25.5 Å². The van der Waals surface area contributed by atoms with Gasteiger partial charge in [0.05, 0.1) is 22.4 Å². The monoisotopic (exact) mass is 358 g/mol. The summed E-state index contributed by atoms with van der Waals surface area (Å²) in [5.74, 6) is 0.359. The van der Waals surface area contributed by atoms with E-state index in [4.69, 9.17) is 0 Å². The van der Waals surface area contributed by atoms with Crippen molar-refractivity contribution in [3.8, 4) is 0 Å². The highest BCUT2D eigenvalue weighted by molar-refractivity contribution is 5.18. The summed E-state index contributed by atoms with van der Waals surface area (Å²) in [4.78, 5) is 0. The molecule has 5 heteroatoms. The molecule has 0 heterocycles. The van der Waals surface area contributed by atoms with Crippen molar-refractivity contribution in [3.05, 3.63) is 12.2 Å². The second-order valence-electron chi connectivity index (χ2n) is 9.60. The van der Waals surface area contributed by atoms with Crippen molar-refractivity contribution in [2.24, 2.45) is 5.92 Å². The quantitative estimate of drug-likeness (QED) is 0.488. The molecule has 2 rings (SSSR count). The molecule has 0 aromatic heterocycles. The molecular formula is C20H38O5. The third-order valence-corrected chi connectivity index (χ3v) is 5.85. The molecule has 0 aromatic carbocycles. The first kappa shape index (κ1) is 22.6. The fourth-order valence-electron chi connectivity index (χ4n) is 3.38. The molecule has 0 amide bonds. The molecule has 2 unspecified atom stereocenters. The molecule has 2 atom stereocenters. The predicted octanol–water partition coefficient (Wildman–Crippen LogP) is 2.29. The molecule has 5 nitrogen and oxygen atoms in total. The SMILES string of the molecule is CC1(O)C=CC(O)(C(C)(C)O)CC1.CC1(O)CCC(C(C)(C)O)CC1. The Hall–Kier alpha value is -0.460. The summed E-state index contributed by atoms with van der Waals surface area (Å²) in [5, 5.41) is 48.7. The Kier molecular flexibility index (Phi) is 6.57. The summed E-state index contributed by atoms with van der Waals surface area (Å²) in [5.41, 5.74) is -4.29. The lowest BCUT2D eigenvalue weighted by molar-refractivity contribution is -0.117. The van der Waals surface area contributed by atoms with Crippen LogP contribution in [0.5, 0.6) is 0 Å². The van der Waals surface area contributed by atoms with Gasteiger partial charge in [-0.05, 0) is 86.0 Å². The molecule has 0 radical (unpaired) electrons. The fraction of sp³-hybridized carbons (Fsp3) is 0.900. The first-order chi connectivity index (χ1) is 11.0. The number of aliphatic hydroxyl groups is 5. The van der Waals surface area contributed by atoms with Crippen molar-refractivity contribution in [2.45, 2.75) is 108 Å². The van der Waals surface area contributed by atoms with Crippen LogP contribution in [0.3, 0.4) is 0 Å². The molecular weight excluding hydrogens is 320 g/mol. The van der Waals surface area contributed by atoms with Crippen LogP contribution in [0.2, 0.25) is 0 Å². The van der Waals surface area contributed by atoms with E-state index in [1.807, 2.05) is 20.8 Å². The number of rotatable bonds is 2. The Labute approximate surface area is 152 Å². The van der Waals surface area contributed by atoms with E-state index in [0.29, 0.717) is 18.8 Å². The topological polar surface area (TPSA) is 101 Å². The normalized spacial score (nSPS) is 39.6. The third kappa shape index (κ3) is 6.65. The number of hydrogen-bond donors (Lipinski definition) is 5. The second-order valence-corrected chi connectivity index (χ2v) is 9.60. The van der Waals surface area contributed by atoms with Crippen molar-refractivity contribution in [1.29, 1.82) is 0 Å². The van der Waals surface area contributed by atoms with Gasteiger partial charge in [-0.1, -0.05) is 12.2 Å². The van der Waals surface area contributed by atoms with E-state index < -0.39 is 28.0 Å². The van der Waals surface area contributed by atoms with Gasteiger partial charge in [0, 0.05) is 0 Å². The van der Waals surface area contributed by atoms with E-state index in [2.05, 4.69) is 0 Å². The first-order valence-electron chi connectivity index (χ1n) is 9.30. The van der Waals surface area contributed by atoms with Gasteiger partial charge in [0.1, 0.15) is 5.60 Å². The van der Waals surface area contributed by atoms with Crippen LogP contribution >= 0.6 is 0 Å². The smallest absolute Gasteiger partial charge is 0.111 e. The third-order valence-electron chi connectivity index (χ3n) is 5.85. The fourth-order valence-corrected chi connectivity index (χ4v) is 3.38. The van der Waals surface area contributed by atoms with Crippen LogP contribution in [-0.4, -0.2) is 53.5 Å². The highest BCUT2D eigenvalue weighted by atomic mass is 16.4. The van der Waals surface area contributed by atoms with E-state index >= 15 is 0 Å². The summed E-state index contributed by atoms with van der Waals surface area (Å²) in [7, 11) is 0. The molecule has 1 fully saturated rings. The van der Waals surface area contributed by atoms with Gasteiger partial charge in [-0.2, -0.15) is 0 Å². The first-order valence-corrected chi connectivity index (χ1v) is 9.30. The molecule has 0 spiro atoms. The molecule has 2 aliphatic carbocycles. The molecule has 2 aliphatic rings. The minimum absolute atomic E-state index is 0.359. The van der Waals surface area contributed by atoms with Crippen LogP contribution in [0, 0.1) is 5.92 Å². The van der Waals surface area contributed by atoms with Crippen molar-refractivity contribution in [1.82, 2.24) is 0 Å². The zero-order valence-corrected chi connectivity index (χ0v) is 16.7. The zero-order chi connectivity index (χ0) is 19.7. The Morgan fingerprint density at radius 1 is 0.800 bits per heavy atom. The van der Waals surface area contributed by atoms with E-state index in [1.165, 1.54) is 6.08 Å². The number of hydrogen-bond acceptors (Lipinski definition) is 5. The lowest BCUT2D eigenvalue weighted by Gasteiger charge is -2.41. The van der Waals surface area contributed by atoms with Crippen molar-refractivity contribution >= 4 is 0 Å². The molecule has 5 N–H and O–H groups in total. The van der Waals surface area contributed by atoms with Crippen LogP contribution in [0.15, 0.2) is 12.2 Å². The maximum atomic E-state index is 9.99. The Morgan fingerprint density at radius 2 is 1.28 bits per heavy atom. The van der Waals surface area contributed by atoms with Gasteiger partial charge in [0.15, 0.2) is 0 Å². The van der Waals surface area contributed by atoms with Crippen LogP contribution < -0.4 is 0 Å². The summed E-state index contributed by atoms with van der Waals surface area (Å²) >= 11 is 0. The van der Waals surface area contributed by atoms with E-state index in [1.54, 1.807) is 26.8 Å². The highest BCUT2D eigenvalue weighted by Crippen LogP contribution is 2.37. The Balaban J connectivity index is 0.000000251. The maximum Gasteiger partial charge on any atom is 0.111 e. The van der Waals surface area contributed by atoms with Gasteiger partial charge >= 0.3 is 0 Å². The van der Waals surface area contributed by atoms with E-state index in [9.17, 15) is 25.5 Å². The molecule has 0 aromatic rings. The largest absolute Gasteiger partial charge is 0.390 e. The summed E-state index contributed by atoms with van der Waals surface area (Å²) in [6.07, 6.45) is 7.41. The van der Waals surface area contributed by atoms with Crippen molar-refractivity contribution in [3.63, 3.8) is 0 Å². The molecule has 1 saturated carbocycles. The molecule has 25 heavy (non-hydrogen) atoms. The summed E-state index contributed by atoms with van der Waals surface area (Å²) < 4.78 is 0. The van der Waals surface area contributed by atoms with Crippen LogP contribution in [0.4, 0.5) is 0 Å². The van der Waals surface area contributed by atoms with E-state index in [-0.39, 0.29) is 0 Å². The van der Waals surface area contributed by atoms with E-state index in [0.717, 1.165) is 25.7 Å². The van der Waals surface area contributed by atoms with Crippen LogP contribution in [0.25, 0.3) is 0 Å². The predicted molar refractivity (Wildman–Crippen MR) is 99.1 cm³/mol. The lowest BCUT2D eigenvalue weighted by atomic mass is 9.73. The van der Waals surface area contributed by atoms with Gasteiger partial charge < -0.3 is 25.5 Å². The molecule has 0 bridgehead atoms. The minimum atomic E-state index is -1.21. The Bertz CT molecular complexity index is 457.